The Labute approximate surface area is 129 Å². The highest BCUT2D eigenvalue weighted by molar-refractivity contribution is 5.56. The maximum Gasteiger partial charge on any atom is 0.0587 e. The maximum absolute atomic E-state index is 5.11. The van der Waals surface area contributed by atoms with E-state index >= 15 is 0 Å². The van der Waals surface area contributed by atoms with Crippen LogP contribution in [0, 0.1) is 12.8 Å². The molecule has 1 aromatic carbocycles. The van der Waals surface area contributed by atoms with E-state index in [2.05, 4.69) is 49.2 Å². The monoisotopic (exact) mass is 290 g/mol. The second-order valence-electron chi connectivity index (χ2n) is 6.45. The number of nitrogens with one attached hydrogen (secondary N) is 1. The van der Waals surface area contributed by atoms with Crippen LogP contribution in [0.3, 0.4) is 0 Å². The van der Waals surface area contributed by atoms with Gasteiger partial charge in [0, 0.05) is 38.5 Å². The maximum atomic E-state index is 5.11. The van der Waals surface area contributed by atoms with Gasteiger partial charge in [-0.15, -0.1) is 0 Å². The molecule has 1 aliphatic heterocycles. The molecule has 0 radical (unpaired) electrons. The number of anilines is 1. The molecular formula is C18H30N2O. The van der Waals surface area contributed by atoms with Crippen molar-refractivity contribution in [1.82, 2.24) is 5.32 Å². The average molecular weight is 290 g/mol. The van der Waals surface area contributed by atoms with Crippen molar-refractivity contribution in [1.29, 1.82) is 0 Å². The smallest absolute Gasteiger partial charge is 0.0587 e. The molecule has 1 N–H and O–H groups in total. The highest BCUT2D eigenvalue weighted by atomic mass is 16.5. The van der Waals surface area contributed by atoms with Gasteiger partial charge < -0.3 is 15.0 Å². The summed E-state index contributed by atoms with van der Waals surface area (Å²) >= 11 is 0. The lowest BCUT2D eigenvalue weighted by molar-refractivity contribution is 0.199. The van der Waals surface area contributed by atoms with Crippen LogP contribution in [0.2, 0.25) is 0 Å². The van der Waals surface area contributed by atoms with Crippen molar-refractivity contribution in [2.24, 2.45) is 5.92 Å². The number of nitrogens with zero attached hydrogens (tertiary/aromatic N) is 1. The van der Waals surface area contributed by atoms with Gasteiger partial charge >= 0.3 is 0 Å². The molecule has 1 heterocycles. The van der Waals surface area contributed by atoms with E-state index < -0.39 is 0 Å². The zero-order valence-corrected chi connectivity index (χ0v) is 14.0. The van der Waals surface area contributed by atoms with Gasteiger partial charge in [-0.25, -0.2) is 0 Å². The van der Waals surface area contributed by atoms with Crippen LogP contribution in [0.15, 0.2) is 18.2 Å². The molecule has 0 saturated carbocycles. The van der Waals surface area contributed by atoms with Crippen molar-refractivity contribution in [3.8, 4) is 0 Å². The fourth-order valence-electron chi connectivity index (χ4n) is 3.32. The van der Waals surface area contributed by atoms with Gasteiger partial charge in [0.2, 0.25) is 0 Å². The third-order valence-electron chi connectivity index (χ3n) is 4.41. The molecule has 1 aromatic rings. The summed E-state index contributed by atoms with van der Waals surface area (Å²) in [7, 11) is 1.75. The van der Waals surface area contributed by atoms with Gasteiger partial charge in [0.1, 0.15) is 0 Å². The fourth-order valence-corrected chi connectivity index (χ4v) is 3.32. The summed E-state index contributed by atoms with van der Waals surface area (Å²) in [5.41, 5.74) is 4.17. The predicted molar refractivity (Wildman–Crippen MR) is 90.0 cm³/mol. The minimum absolute atomic E-state index is 0.686. The molecule has 0 aliphatic carbocycles. The van der Waals surface area contributed by atoms with Crippen molar-refractivity contribution < 1.29 is 4.74 Å². The number of rotatable bonds is 7. The van der Waals surface area contributed by atoms with Crippen LogP contribution in [0.5, 0.6) is 0 Å². The van der Waals surface area contributed by atoms with E-state index in [1.807, 2.05) is 0 Å². The van der Waals surface area contributed by atoms with Crippen LogP contribution in [0.25, 0.3) is 0 Å². The number of hydrogen-bond donors (Lipinski definition) is 1. The van der Waals surface area contributed by atoms with Crippen LogP contribution in [0.1, 0.15) is 37.8 Å². The van der Waals surface area contributed by atoms with E-state index in [9.17, 15) is 0 Å². The minimum atomic E-state index is 0.686. The third-order valence-corrected chi connectivity index (χ3v) is 4.41. The lowest BCUT2D eigenvalue weighted by atomic mass is 10.00. The molecule has 2 rings (SSSR count). The Hall–Kier alpha value is -1.06. The number of ether oxygens (including phenoxy) is 1. The SMILES string of the molecule is COCCNCc1cc(C)ccc1N1CCCC1C(C)C. The molecule has 1 fully saturated rings. The molecule has 1 saturated heterocycles. The number of aryl methyl sites for hydroxylation is 1. The number of methoxy groups -OCH3 is 1. The zero-order chi connectivity index (χ0) is 15.2. The van der Waals surface area contributed by atoms with Crippen LogP contribution in [-0.2, 0) is 11.3 Å². The summed E-state index contributed by atoms with van der Waals surface area (Å²) in [6.07, 6.45) is 2.63. The summed E-state index contributed by atoms with van der Waals surface area (Å²) < 4.78 is 5.11. The molecule has 0 amide bonds. The standard InChI is InChI=1S/C18H30N2O/c1-14(2)17-6-5-10-20(17)18-8-7-15(3)12-16(18)13-19-9-11-21-4/h7-8,12,14,17,19H,5-6,9-11,13H2,1-4H3. The van der Waals surface area contributed by atoms with E-state index in [1.54, 1.807) is 7.11 Å². The molecule has 1 unspecified atom stereocenters. The van der Waals surface area contributed by atoms with Crippen molar-refractivity contribution in [2.75, 3.05) is 31.7 Å². The van der Waals surface area contributed by atoms with Gasteiger partial charge in [0.25, 0.3) is 0 Å². The van der Waals surface area contributed by atoms with E-state index in [4.69, 9.17) is 4.74 Å². The van der Waals surface area contributed by atoms with Crippen molar-refractivity contribution >= 4 is 5.69 Å². The van der Waals surface area contributed by atoms with Gasteiger partial charge in [0.15, 0.2) is 0 Å². The first kappa shape index (κ1) is 16.3. The Kier molecular flexibility index (Phi) is 6.07. The summed E-state index contributed by atoms with van der Waals surface area (Å²) in [4.78, 5) is 2.62. The Morgan fingerprint density at radius 2 is 2.19 bits per heavy atom. The van der Waals surface area contributed by atoms with E-state index in [0.29, 0.717) is 12.0 Å². The molecule has 1 aliphatic rings. The van der Waals surface area contributed by atoms with Crippen molar-refractivity contribution in [2.45, 2.75) is 46.2 Å². The summed E-state index contributed by atoms with van der Waals surface area (Å²) in [6, 6.07) is 7.56. The minimum Gasteiger partial charge on any atom is -0.383 e. The second kappa shape index (κ2) is 7.81. The van der Waals surface area contributed by atoms with Crippen LogP contribution in [0.4, 0.5) is 5.69 Å². The van der Waals surface area contributed by atoms with Gasteiger partial charge in [-0.3, -0.25) is 0 Å². The highest BCUT2D eigenvalue weighted by Crippen LogP contribution is 2.32. The van der Waals surface area contributed by atoms with Gasteiger partial charge in [0.05, 0.1) is 6.61 Å². The van der Waals surface area contributed by atoms with Gasteiger partial charge in [-0.05, 0) is 37.3 Å². The Morgan fingerprint density at radius 1 is 1.38 bits per heavy atom. The molecule has 0 bridgehead atoms. The fraction of sp³-hybridized carbons (Fsp3) is 0.667. The zero-order valence-electron chi connectivity index (χ0n) is 14.0. The molecule has 21 heavy (non-hydrogen) atoms. The van der Waals surface area contributed by atoms with Gasteiger partial charge in [-0.2, -0.15) is 0 Å². The summed E-state index contributed by atoms with van der Waals surface area (Å²) in [5.74, 6) is 0.711. The quantitative estimate of drug-likeness (QED) is 0.779. The molecule has 3 nitrogen and oxygen atoms in total. The normalized spacial score (nSPS) is 18.7. The van der Waals surface area contributed by atoms with E-state index in [0.717, 1.165) is 19.7 Å². The van der Waals surface area contributed by atoms with Crippen molar-refractivity contribution in [3.05, 3.63) is 29.3 Å². The van der Waals surface area contributed by atoms with Crippen LogP contribution >= 0.6 is 0 Å². The third kappa shape index (κ3) is 4.21. The summed E-state index contributed by atoms with van der Waals surface area (Å²) in [5, 5.41) is 3.49. The molecule has 3 heteroatoms. The number of benzene rings is 1. The Morgan fingerprint density at radius 3 is 2.90 bits per heavy atom. The predicted octanol–water partition coefficient (Wildman–Crippen LogP) is 3.36. The highest BCUT2D eigenvalue weighted by Gasteiger charge is 2.28. The first-order valence-corrected chi connectivity index (χ1v) is 8.19. The van der Waals surface area contributed by atoms with Crippen LogP contribution in [-0.4, -0.2) is 32.8 Å². The Balaban J connectivity index is 2.14. The summed E-state index contributed by atoms with van der Waals surface area (Å²) in [6.45, 7) is 10.6. The molecule has 0 aromatic heterocycles. The second-order valence-corrected chi connectivity index (χ2v) is 6.45. The van der Waals surface area contributed by atoms with Crippen LogP contribution < -0.4 is 10.2 Å². The molecular weight excluding hydrogens is 260 g/mol. The first-order valence-electron chi connectivity index (χ1n) is 8.19. The van der Waals surface area contributed by atoms with E-state index in [1.165, 1.54) is 36.2 Å². The molecule has 1 atom stereocenters. The van der Waals surface area contributed by atoms with Gasteiger partial charge in [-0.1, -0.05) is 31.5 Å². The molecule has 0 spiro atoms. The van der Waals surface area contributed by atoms with Crippen molar-refractivity contribution in [3.63, 3.8) is 0 Å². The lowest BCUT2D eigenvalue weighted by Crippen LogP contribution is -2.34. The number of hydrogen-bond acceptors (Lipinski definition) is 3. The topological polar surface area (TPSA) is 24.5 Å². The van der Waals surface area contributed by atoms with E-state index in [-0.39, 0.29) is 0 Å². The largest absolute Gasteiger partial charge is 0.383 e. The first-order chi connectivity index (χ1) is 10.1. The average Bonchev–Trinajstić information content (AvgIpc) is 2.93. The molecule has 118 valence electrons. The Bertz CT molecular complexity index is 445. The lowest BCUT2D eigenvalue weighted by Gasteiger charge is -2.31.